The quantitative estimate of drug-likeness (QED) is 0.360. The molecule has 0 spiro atoms. The summed E-state index contributed by atoms with van der Waals surface area (Å²) in [6.07, 6.45) is -0.845. The van der Waals surface area contributed by atoms with E-state index in [0.29, 0.717) is 16.7 Å². The van der Waals surface area contributed by atoms with E-state index in [1.165, 1.54) is 0 Å². The lowest BCUT2D eigenvalue weighted by Gasteiger charge is -2.17. The van der Waals surface area contributed by atoms with Crippen LogP contribution in [0.5, 0.6) is 0 Å². The predicted molar refractivity (Wildman–Crippen MR) is 97.8 cm³/mol. The number of hydrogen-bond acceptors (Lipinski definition) is 4. The molecule has 4 heteroatoms. The number of rotatable bonds is 7. The molecule has 26 heavy (non-hydrogen) atoms. The van der Waals surface area contributed by atoms with Crippen LogP contribution in [0.1, 0.15) is 32.4 Å². The number of ether oxygens (including phenoxy) is 2. The number of benzene rings is 3. The fraction of sp³-hybridized carbons (Fsp3) is 0.0909. The zero-order valence-electron chi connectivity index (χ0n) is 14.1. The van der Waals surface area contributed by atoms with Crippen molar-refractivity contribution in [1.82, 2.24) is 0 Å². The van der Waals surface area contributed by atoms with E-state index in [1.807, 2.05) is 42.5 Å². The number of carbonyl (C=O) groups is 2. The maximum Gasteiger partial charge on any atom is 0.340 e. The highest BCUT2D eigenvalue weighted by molar-refractivity contribution is 6.00. The Morgan fingerprint density at radius 1 is 0.692 bits per heavy atom. The van der Waals surface area contributed by atoms with Crippen LogP contribution in [-0.4, -0.2) is 18.5 Å². The fourth-order valence-corrected chi connectivity index (χ4v) is 2.52. The predicted octanol–water partition coefficient (Wildman–Crippen LogP) is 4.44. The molecule has 0 N–H and O–H groups in total. The third-order valence-electron chi connectivity index (χ3n) is 3.83. The smallest absolute Gasteiger partial charge is 0.340 e. The van der Waals surface area contributed by atoms with Crippen LogP contribution >= 0.6 is 0 Å². The third-order valence-corrected chi connectivity index (χ3v) is 3.83. The first-order valence-corrected chi connectivity index (χ1v) is 8.23. The van der Waals surface area contributed by atoms with Crippen molar-refractivity contribution in [2.45, 2.75) is 6.10 Å². The maximum absolute atomic E-state index is 12.8. The monoisotopic (exact) mass is 346 g/mol. The molecule has 0 saturated carbocycles. The summed E-state index contributed by atoms with van der Waals surface area (Å²) in [4.78, 5) is 24.8. The molecule has 0 radical (unpaired) electrons. The van der Waals surface area contributed by atoms with Crippen molar-refractivity contribution in [3.63, 3.8) is 0 Å². The Hall–Kier alpha value is -3.24. The van der Waals surface area contributed by atoms with Crippen LogP contribution in [0.4, 0.5) is 0 Å². The van der Waals surface area contributed by atoms with Gasteiger partial charge >= 0.3 is 5.97 Å². The first kappa shape index (κ1) is 17.6. The van der Waals surface area contributed by atoms with E-state index in [0.717, 1.165) is 0 Å². The summed E-state index contributed by atoms with van der Waals surface area (Å²) >= 11 is 0. The summed E-state index contributed by atoms with van der Waals surface area (Å²) in [5.41, 5.74) is 1.68. The van der Waals surface area contributed by atoms with Crippen molar-refractivity contribution < 1.29 is 19.1 Å². The van der Waals surface area contributed by atoms with E-state index < -0.39 is 12.1 Å². The highest BCUT2D eigenvalue weighted by Crippen LogP contribution is 2.22. The van der Waals surface area contributed by atoms with Gasteiger partial charge in [0.05, 0.1) is 5.56 Å². The molecule has 0 saturated heterocycles. The number of Topliss-reactive ketones (excluding diaryl/α,β-unsaturated/α-hetero) is 1. The summed E-state index contributed by atoms with van der Waals surface area (Å²) in [6, 6.07) is 26.7. The minimum Gasteiger partial charge on any atom is -0.435 e. The van der Waals surface area contributed by atoms with Crippen LogP contribution < -0.4 is 0 Å². The normalized spacial score (nSPS) is 11.5. The van der Waals surface area contributed by atoms with Gasteiger partial charge in [0.15, 0.2) is 12.6 Å². The van der Waals surface area contributed by atoms with Gasteiger partial charge in [0, 0.05) is 5.56 Å². The Labute approximate surface area is 152 Å². The summed E-state index contributed by atoms with van der Waals surface area (Å²) in [7, 11) is 0. The maximum atomic E-state index is 12.8. The molecular weight excluding hydrogens is 328 g/mol. The van der Waals surface area contributed by atoms with E-state index >= 15 is 0 Å². The van der Waals surface area contributed by atoms with Crippen molar-refractivity contribution in [2.24, 2.45) is 0 Å². The lowest BCUT2D eigenvalue weighted by atomic mass is 10.00. The van der Waals surface area contributed by atoms with Crippen molar-refractivity contribution in [3.8, 4) is 0 Å². The summed E-state index contributed by atoms with van der Waals surface area (Å²) in [5.74, 6) is -0.683. The standard InChI is InChI=1S/C22H18O4/c23-20(17-10-4-1-5-11-17)21(18-12-6-2-7-13-18)25-16-26-22(24)19-14-8-3-9-15-19/h1-15,21H,16H2. The molecule has 1 atom stereocenters. The molecule has 0 aliphatic rings. The van der Waals surface area contributed by atoms with Gasteiger partial charge in [-0.05, 0) is 17.7 Å². The van der Waals surface area contributed by atoms with Crippen molar-refractivity contribution in [2.75, 3.05) is 6.79 Å². The molecule has 0 amide bonds. The average Bonchev–Trinajstić information content (AvgIpc) is 2.72. The Kier molecular flexibility index (Phi) is 5.91. The van der Waals surface area contributed by atoms with Crippen LogP contribution in [0.15, 0.2) is 91.0 Å². The van der Waals surface area contributed by atoms with Crippen molar-refractivity contribution in [3.05, 3.63) is 108 Å². The molecule has 0 aromatic heterocycles. The average molecular weight is 346 g/mol. The Balaban J connectivity index is 1.70. The minimum atomic E-state index is -0.845. The molecule has 3 aromatic carbocycles. The minimum absolute atomic E-state index is 0.187. The Bertz CT molecular complexity index is 845. The van der Waals surface area contributed by atoms with Crippen LogP contribution in [0.25, 0.3) is 0 Å². The summed E-state index contributed by atoms with van der Waals surface area (Å²) < 4.78 is 10.8. The zero-order valence-corrected chi connectivity index (χ0v) is 14.1. The molecule has 0 bridgehead atoms. The molecule has 0 aliphatic heterocycles. The molecule has 130 valence electrons. The number of hydrogen-bond donors (Lipinski definition) is 0. The van der Waals surface area contributed by atoms with Gasteiger partial charge in [-0.25, -0.2) is 4.79 Å². The van der Waals surface area contributed by atoms with Crippen LogP contribution in [0.3, 0.4) is 0 Å². The molecule has 0 aliphatic carbocycles. The molecule has 0 fully saturated rings. The number of esters is 1. The van der Waals surface area contributed by atoms with E-state index in [-0.39, 0.29) is 12.6 Å². The molecule has 4 nitrogen and oxygen atoms in total. The molecular formula is C22H18O4. The highest BCUT2D eigenvalue weighted by Gasteiger charge is 2.23. The van der Waals surface area contributed by atoms with Gasteiger partial charge in [-0.1, -0.05) is 78.9 Å². The van der Waals surface area contributed by atoms with E-state index in [2.05, 4.69) is 0 Å². The third kappa shape index (κ3) is 4.43. The first-order valence-electron chi connectivity index (χ1n) is 8.23. The lowest BCUT2D eigenvalue weighted by Crippen LogP contribution is -2.19. The van der Waals surface area contributed by atoms with Crippen molar-refractivity contribution >= 4 is 11.8 Å². The number of carbonyl (C=O) groups excluding carboxylic acids is 2. The van der Waals surface area contributed by atoms with Crippen molar-refractivity contribution in [1.29, 1.82) is 0 Å². The van der Waals surface area contributed by atoms with E-state index in [9.17, 15) is 9.59 Å². The summed E-state index contributed by atoms with van der Waals surface area (Å²) in [5, 5.41) is 0. The summed E-state index contributed by atoms with van der Waals surface area (Å²) in [6.45, 7) is -0.314. The van der Waals surface area contributed by atoms with Gasteiger partial charge in [-0.3, -0.25) is 4.79 Å². The molecule has 0 heterocycles. The Morgan fingerprint density at radius 2 is 1.19 bits per heavy atom. The van der Waals surface area contributed by atoms with E-state index in [4.69, 9.17) is 9.47 Å². The highest BCUT2D eigenvalue weighted by atomic mass is 16.7. The second-order valence-electron chi connectivity index (χ2n) is 5.60. The molecule has 3 aromatic rings. The molecule has 3 rings (SSSR count). The van der Waals surface area contributed by atoms with Crippen LogP contribution in [-0.2, 0) is 9.47 Å². The molecule has 1 unspecified atom stereocenters. The topological polar surface area (TPSA) is 52.6 Å². The van der Waals surface area contributed by atoms with Gasteiger partial charge in [0.2, 0.25) is 0 Å². The van der Waals surface area contributed by atoms with Gasteiger partial charge in [0.1, 0.15) is 6.10 Å². The second-order valence-corrected chi connectivity index (χ2v) is 5.60. The van der Waals surface area contributed by atoms with E-state index in [1.54, 1.807) is 48.5 Å². The van der Waals surface area contributed by atoms with Crippen LogP contribution in [0.2, 0.25) is 0 Å². The second kappa shape index (κ2) is 8.74. The lowest BCUT2D eigenvalue weighted by molar-refractivity contribution is -0.0567. The first-order chi connectivity index (χ1) is 12.8. The van der Waals surface area contributed by atoms with Gasteiger partial charge < -0.3 is 9.47 Å². The fourth-order valence-electron chi connectivity index (χ4n) is 2.52. The zero-order chi connectivity index (χ0) is 18.2. The van der Waals surface area contributed by atoms with Gasteiger partial charge in [0.25, 0.3) is 0 Å². The number of ketones is 1. The van der Waals surface area contributed by atoms with Crippen LogP contribution in [0, 0.1) is 0 Å². The SMILES string of the molecule is O=C(OCOC(C(=O)c1ccccc1)c1ccccc1)c1ccccc1. The Morgan fingerprint density at radius 3 is 1.77 bits per heavy atom. The van der Waals surface area contributed by atoms with Gasteiger partial charge in [-0.15, -0.1) is 0 Å². The van der Waals surface area contributed by atoms with Gasteiger partial charge in [-0.2, -0.15) is 0 Å². The largest absolute Gasteiger partial charge is 0.435 e.